The lowest BCUT2D eigenvalue weighted by Gasteiger charge is -2.39. The van der Waals surface area contributed by atoms with Crippen molar-refractivity contribution in [1.29, 1.82) is 0 Å². The molecule has 244 valence electrons. The number of anilines is 2. The number of carbonyl (C=O) groups excluding carboxylic acids is 3. The number of amides is 4. The predicted octanol–water partition coefficient (Wildman–Crippen LogP) is 4.91. The monoisotopic (exact) mass is 648 g/mol. The van der Waals surface area contributed by atoms with Gasteiger partial charge in [0.2, 0.25) is 11.8 Å². The van der Waals surface area contributed by atoms with E-state index < -0.39 is 28.9 Å². The molecule has 0 spiro atoms. The first kappa shape index (κ1) is 32.9. The fraction of sp³-hybridized carbons (Fsp3) is 0.531. The van der Waals surface area contributed by atoms with Crippen LogP contribution in [0.5, 0.6) is 0 Å². The third-order valence-electron chi connectivity index (χ3n) is 9.36. The molecule has 45 heavy (non-hydrogen) atoms. The Morgan fingerprint density at radius 1 is 1.07 bits per heavy atom. The lowest BCUT2D eigenvalue weighted by Crippen LogP contribution is -2.52. The summed E-state index contributed by atoms with van der Waals surface area (Å²) in [6.45, 7) is 4.10. The van der Waals surface area contributed by atoms with E-state index in [0.717, 1.165) is 23.7 Å². The van der Waals surface area contributed by atoms with E-state index in [-0.39, 0.29) is 47.3 Å². The first-order chi connectivity index (χ1) is 21.2. The van der Waals surface area contributed by atoms with Gasteiger partial charge in [0.25, 0.3) is 0 Å². The van der Waals surface area contributed by atoms with Crippen LogP contribution in [0.25, 0.3) is 0 Å². The van der Waals surface area contributed by atoms with Gasteiger partial charge in [0.1, 0.15) is 0 Å². The smallest absolute Gasteiger partial charge is 0.397 e. The molecular weight excluding hydrogens is 609 g/mol. The van der Waals surface area contributed by atoms with Crippen LogP contribution in [0.3, 0.4) is 0 Å². The van der Waals surface area contributed by atoms with Gasteiger partial charge in [0.05, 0.1) is 22.2 Å². The Hall–Kier alpha value is -3.51. The summed E-state index contributed by atoms with van der Waals surface area (Å²) in [5, 5.41) is 2.74. The molecular formula is C32H40ClF3N6O3. The largest absolute Gasteiger partial charge is 0.418 e. The highest BCUT2D eigenvalue weighted by atomic mass is 35.5. The van der Waals surface area contributed by atoms with Crippen LogP contribution in [-0.4, -0.2) is 76.8 Å². The number of alkyl halides is 3. The van der Waals surface area contributed by atoms with Crippen LogP contribution >= 0.6 is 11.6 Å². The second-order valence-corrected chi connectivity index (χ2v) is 13.2. The summed E-state index contributed by atoms with van der Waals surface area (Å²) in [5.74, 6) is -1.44. The van der Waals surface area contributed by atoms with Gasteiger partial charge in [-0.3, -0.25) is 9.59 Å². The molecule has 1 atom stereocenters. The quantitative estimate of drug-likeness (QED) is 0.384. The number of nitrogens with zero attached hydrogens (tertiary/aromatic N) is 3. The number of carbonyl (C=O) groups is 3. The van der Waals surface area contributed by atoms with Gasteiger partial charge in [-0.1, -0.05) is 29.8 Å². The molecule has 0 aromatic heterocycles. The van der Waals surface area contributed by atoms with E-state index in [1.165, 1.54) is 6.07 Å². The average Bonchev–Trinajstić information content (AvgIpc) is 3.15. The van der Waals surface area contributed by atoms with E-state index in [9.17, 15) is 27.6 Å². The van der Waals surface area contributed by atoms with E-state index in [1.807, 2.05) is 36.1 Å². The Morgan fingerprint density at radius 2 is 1.73 bits per heavy atom. The minimum absolute atomic E-state index is 0.0441. The van der Waals surface area contributed by atoms with Gasteiger partial charge in [-0.05, 0) is 74.8 Å². The van der Waals surface area contributed by atoms with Crippen molar-refractivity contribution in [2.24, 2.45) is 11.7 Å². The third-order valence-corrected chi connectivity index (χ3v) is 9.68. The minimum Gasteiger partial charge on any atom is -0.397 e. The van der Waals surface area contributed by atoms with Gasteiger partial charge < -0.3 is 31.5 Å². The SMILES string of the molecule is CC1(N)CCN(C(=O)[C@H](CC(=O)N2CCC(N3CCc4ccccc4NC3=O)CC2)Cc2cc(Cl)c(N)c(C(F)(F)F)c2)CC1. The maximum atomic E-state index is 13.8. The second-order valence-electron chi connectivity index (χ2n) is 12.8. The Kier molecular flexibility index (Phi) is 9.55. The number of halogens is 4. The topological polar surface area (TPSA) is 125 Å². The van der Waals surface area contributed by atoms with Crippen LogP contribution in [0.4, 0.5) is 29.3 Å². The van der Waals surface area contributed by atoms with E-state index in [0.29, 0.717) is 58.4 Å². The van der Waals surface area contributed by atoms with Gasteiger partial charge in [0.15, 0.2) is 0 Å². The number of piperidine rings is 2. The molecule has 3 aliphatic heterocycles. The zero-order chi connectivity index (χ0) is 32.5. The first-order valence-electron chi connectivity index (χ1n) is 15.4. The van der Waals surface area contributed by atoms with Crippen LogP contribution in [0, 0.1) is 5.92 Å². The molecule has 2 saturated heterocycles. The number of likely N-dealkylation sites (tertiary alicyclic amines) is 2. The van der Waals surface area contributed by atoms with E-state index in [1.54, 1.807) is 9.80 Å². The molecule has 13 heteroatoms. The summed E-state index contributed by atoms with van der Waals surface area (Å²) in [6.07, 6.45) is -1.95. The summed E-state index contributed by atoms with van der Waals surface area (Å²) >= 11 is 6.08. The van der Waals surface area contributed by atoms with Crippen LogP contribution in [0.2, 0.25) is 5.02 Å². The number of fused-ring (bicyclic) bond motifs is 1. The van der Waals surface area contributed by atoms with Crippen LogP contribution in [-0.2, 0) is 28.6 Å². The fourth-order valence-electron chi connectivity index (χ4n) is 6.56. The predicted molar refractivity (Wildman–Crippen MR) is 167 cm³/mol. The maximum absolute atomic E-state index is 13.8. The summed E-state index contributed by atoms with van der Waals surface area (Å²) in [6, 6.07) is 9.75. The number of para-hydroxylation sites is 1. The van der Waals surface area contributed by atoms with Gasteiger partial charge in [-0.25, -0.2) is 4.79 Å². The molecule has 3 aliphatic rings. The molecule has 0 saturated carbocycles. The van der Waals surface area contributed by atoms with Crippen molar-refractivity contribution in [1.82, 2.24) is 14.7 Å². The number of hydrogen-bond donors (Lipinski definition) is 3. The molecule has 0 aliphatic carbocycles. The molecule has 4 amide bonds. The number of nitrogens with one attached hydrogen (secondary N) is 1. The zero-order valence-corrected chi connectivity index (χ0v) is 26.1. The van der Waals surface area contributed by atoms with Gasteiger partial charge in [-0.15, -0.1) is 0 Å². The highest BCUT2D eigenvalue weighted by Gasteiger charge is 2.38. The number of rotatable bonds is 6. The highest BCUT2D eigenvalue weighted by Crippen LogP contribution is 2.38. The lowest BCUT2D eigenvalue weighted by molar-refractivity contribution is -0.143. The lowest BCUT2D eigenvalue weighted by atomic mass is 9.88. The number of urea groups is 1. The van der Waals surface area contributed by atoms with Crippen LogP contribution in [0.1, 0.15) is 55.7 Å². The molecule has 5 N–H and O–H groups in total. The van der Waals surface area contributed by atoms with Crippen molar-refractivity contribution in [3.8, 4) is 0 Å². The zero-order valence-electron chi connectivity index (χ0n) is 25.3. The van der Waals surface area contributed by atoms with Gasteiger partial charge >= 0.3 is 12.2 Å². The summed E-state index contributed by atoms with van der Waals surface area (Å²) in [5.41, 5.74) is 11.9. The van der Waals surface area contributed by atoms with Crippen molar-refractivity contribution < 1.29 is 27.6 Å². The number of nitrogens with two attached hydrogens (primary N) is 2. The summed E-state index contributed by atoms with van der Waals surface area (Å²) in [4.78, 5) is 45.5. The van der Waals surface area contributed by atoms with Crippen LogP contribution < -0.4 is 16.8 Å². The van der Waals surface area contributed by atoms with Crippen LogP contribution in [0.15, 0.2) is 36.4 Å². The van der Waals surface area contributed by atoms with Crippen molar-refractivity contribution in [2.75, 3.05) is 43.8 Å². The molecule has 0 bridgehead atoms. The second kappa shape index (κ2) is 13.1. The molecule has 2 fully saturated rings. The van der Waals surface area contributed by atoms with Gasteiger partial charge in [0, 0.05) is 56.4 Å². The standard InChI is InChI=1S/C32H40ClF3N6O3/c1-31(38)9-14-41(15-10-31)29(44)22(16-20-17-24(32(34,35)36)28(37)25(33)18-20)19-27(43)40-11-7-23(8-12-40)42-13-6-21-4-2-3-5-26(21)39-30(42)45/h2-5,17-18,22-23H,6-16,19,37-38H2,1H3,(H,39,45)/t22-/m0/s1. The molecule has 9 nitrogen and oxygen atoms in total. The average molecular weight is 649 g/mol. The summed E-state index contributed by atoms with van der Waals surface area (Å²) in [7, 11) is 0. The van der Waals surface area contributed by atoms with E-state index in [4.69, 9.17) is 23.1 Å². The first-order valence-corrected chi connectivity index (χ1v) is 15.8. The Morgan fingerprint density at radius 3 is 2.40 bits per heavy atom. The minimum atomic E-state index is -4.73. The maximum Gasteiger partial charge on any atom is 0.418 e. The number of nitrogen functional groups attached to an aromatic ring is 1. The molecule has 0 unspecified atom stereocenters. The van der Waals surface area contributed by atoms with Gasteiger partial charge in [-0.2, -0.15) is 13.2 Å². The van der Waals surface area contributed by atoms with Crippen molar-refractivity contribution in [3.63, 3.8) is 0 Å². The Balaban J connectivity index is 1.27. The Labute approximate surface area is 266 Å². The molecule has 3 heterocycles. The molecule has 5 rings (SSSR count). The molecule has 2 aromatic rings. The van der Waals surface area contributed by atoms with Crippen molar-refractivity contribution in [2.45, 2.75) is 69.6 Å². The number of hydrogen-bond acceptors (Lipinski definition) is 5. The number of benzene rings is 2. The molecule has 2 aromatic carbocycles. The molecule has 0 radical (unpaired) electrons. The third kappa shape index (κ3) is 7.66. The van der Waals surface area contributed by atoms with Crippen molar-refractivity contribution in [3.05, 3.63) is 58.1 Å². The summed E-state index contributed by atoms with van der Waals surface area (Å²) < 4.78 is 41.1. The van der Waals surface area contributed by atoms with E-state index >= 15 is 0 Å². The normalized spacial score (nSPS) is 19.9. The van der Waals surface area contributed by atoms with E-state index in [2.05, 4.69) is 5.32 Å². The highest BCUT2D eigenvalue weighted by molar-refractivity contribution is 6.33. The van der Waals surface area contributed by atoms with Crippen molar-refractivity contribution >= 4 is 40.8 Å². The fourth-order valence-corrected chi connectivity index (χ4v) is 6.80. The Bertz CT molecular complexity index is 1430.